The first kappa shape index (κ1) is 18.3. The van der Waals surface area contributed by atoms with Gasteiger partial charge in [0.15, 0.2) is 0 Å². The molecule has 1 aromatic heterocycles. The summed E-state index contributed by atoms with van der Waals surface area (Å²) in [5, 5.41) is 10.8. The molecule has 1 amide bonds. The lowest BCUT2D eigenvalue weighted by atomic mass is 9.93. The number of aliphatic hydroxyl groups is 1. The first-order valence-electron chi connectivity index (χ1n) is 8.70. The molecule has 2 aromatic rings. The Hall–Kier alpha value is -2.54. The molecule has 0 saturated carbocycles. The molecule has 1 N–H and O–H groups in total. The van der Waals surface area contributed by atoms with Crippen LogP contribution in [0.5, 0.6) is 5.75 Å². The van der Waals surface area contributed by atoms with Gasteiger partial charge in [0, 0.05) is 31.4 Å². The number of hydrogen-bond donors (Lipinski definition) is 1. The van der Waals surface area contributed by atoms with Gasteiger partial charge in [-0.2, -0.15) is 0 Å². The van der Waals surface area contributed by atoms with Crippen LogP contribution in [0.4, 0.5) is 4.39 Å². The number of halogens is 1. The van der Waals surface area contributed by atoms with Gasteiger partial charge in [-0.25, -0.2) is 14.4 Å². The molecule has 0 spiro atoms. The molecular weight excluding hydrogens is 337 g/mol. The lowest BCUT2D eigenvalue weighted by Crippen LogP contribution is -2.53. The van der Waals surface area contributed by atoms with Crippen molar-refractivity contribution in [1.29, 1.82) is 0 Å². The Bertz CT molecular complexity index is 769. The Morgan fingerprint density at radius 2 is 2.15 bits per heavy atom. The molecule has 0 radical (unpaired) electrons. The molecule has 1 aliphatic rings. The molecule has 0 unspecified atom stereocenters. The summed E-state index contributed by atoms with van der Waals surface area (Å²) in [5.41, 5.74) is -0.776. The molecule has 1 aliphatic heterocycles. The van der Waals surface area contributed by atoms with Crippen molar-refractivity contribution in [3.63, 3.8) is 0 Å². The van der Waals surface area contributed by atoms with Crippen LogP contribution in [0.2, 0.25) is 0 Å². The zero-order chi connectivity index (χ0) is 18.6. The maximum Gasteiger partial charge on any atom is 0.257 e. The summed E-state index contributed by atoms with van der Waals surface area (Å²) in [6.45, 7) is 2.64. The van der Waals surface area contributed by atoms with Gasteiger partial charge in [-0.3, -0.25) is 4.79 Å². The predicted octanol–water partition coefficient (Wildman–Crippen LogP) is 2.22. The molecule has 1 fully saturated rings. The van der Waals surface area contributed by atoms with E-state index in [4.69, 9.17) is 4.74 Å². The molecule has 1 aromatic carbocycles. The van der Waals surface area contributed by atoms with E-state index in [1.165, 1.54) is 24.5 Å². The topological polar surface area (TPSA) is 75.6 Å². The van der Waals surface area contributed by atoms with Gasteiger partial charge in [0.05, 0.1) is 12.1 Å². The van der Waals surface area contributed by atoms with Crippen molar-refractivity contribution in [3.8, 4) is 5.75 Å². The van der Waals surface area contributed by atoms with Gasteiger partial charge in [-0.15, -0.1) is 0 Å². The molecule has 2 heterocycles. The van der Waals surface area contributed by atoms with Crippen molar-refractivity contribution in [3.05, 3.63) is 53.9 Å². The fourth-order valence-electron chi connectivity index (χ4n) is 3.01. The van der Waals surface area contributed by atoms with Crippen LogP contribution in [0.3, 0.4) is 0 Å². The molecule has 138 valence electrons. The highest BCUT2D eigenvalue weighted by atomic mass is 19.1. The maximum absolute atomic E-state index is 13.2. The van der Waals surface area contributed by atoms with Crippen molar-refractivity contribution in [1.82, 2.24) is 14.9 Å². The molecule has 1 saturated heterocycles. The maximum atomic E-state index is 13.2. The van der Waals surface area contributed by atoms with Crippen molar-refractivity contribution in [2.24, 2.45) is 0 Å². The second-order valence-electron chi connectivity index (χ2n) is 6.54. The number of aryl methyl sites for hydroxylation is 1. The van der Waals surface area contributed by atoms with E-state index in [0.717, 1.165) is 0 Å². The monoisotopic (exact) mass is 359 g/mol. The van der Waals surface area contributed by atoms with E-state index in [2.05, 4.69) is 9.97 Å². The van der Waals surface area contributed by atoms with Gasteiger partial charge >= 0.3 is 0 Å². The van der Waals surface area contributed by atoms with Gasteiger partial charge < -0.3 is 14.7 Å². The van der Waals surface area contributed by atoms with Crippen LogP contribution in [-0.4, -0.2) is 51.2 Å². The lowest BCUT2D eigenvalue weighted by molar-refractivity contribution is -0.0532. The first-order chi connectivity index (χ1) is 12.5. The Morgan fingerprint density at radius 3 is 2.85 bits per heavy atom. The number of hydrogen-bond acceptors (Lipinski definition) is 5. The van der Waals surface area contributed by atoms with E-state index in [0.29, 0.717) is 42.9 Å². The quantitative estimate of drug-likeness (QED) is 0.886. The largest absolute Gasteiger partial charge is 0.490 e. The molecule has 1 atom stereocenters. The van der Waals surface area contributed by atoms with Crippen molar-refractivity contribution >= 4 is 5.91 Å². The number of benzene rings is 1. The van der Waals surface area contributed by atoms with Crippen LogP contribution in [-0.2, 0) is 6.42 Å². The van der Waals surface area contributed by atoms with Crippen molar-refractivity contribution in [2.45, 2.75) is 31.8 Å². The second-order valence-corrected chi connectivity index (χ2v) is 6.54. The van der Waals surface area contributed by atoms with Gasteiger partial charge in [-0.1, -0.05) is 13.0 Å². The molecular formula is C19H22FN3O3. The van der Waals surface area contributed by atoms with Crippen LogP contribution < -0.4 is 4.74 Å². The number of aromatic nitrogens is 2. The van der Waals surface area contributed by atoms with E-state index in [-0.39, 0.29) is 19.1 Å². The minimum absolute atomic E-state index is 0.00843. The Balaban J connectivity index is 1.64. The highest BCUT2D eigenvalue weighted by molar-refractivity contribution is 5.93. The van der Waals surface area contributed by atoms with Crippen LogP contribution in [0.1, 0.15) is 35.9 Å². The average Bonchev–Trinajstić information content (AvgIpc) is 2.66. The molecule has 6 nitrogen and oxygen atoms in total. The highest BCUT2D eigenvalue weighted by Crippen LogP contribution is 2.24. The third kappa shape index (κ3) is 4.35. The summed E-state index contributed by atoms with van der Waals surface area (Å²) < 4.78 is 18.8. The first-order valence-corrected chi connectivity index (χ1v) is 8.70. The van der Waals surface area contributed by atoms with E-state index < -0.39 is 11.4 Å². The third-order valence-corrected chi connectivity index (χ3v) is 4.41. The summed E-state index contributed by atoms with van der Waals surface area (Å²) in [5.74, 6) is 0.424. The van der Waals surface area contributed by atoms with Gasteiger partial charge in [-0.05, 0) is 25.0 Å². The molecule has 7 heteroatoms. The number of carbonyl (C=O) groups is 1. The Labute approximate surface area is 151 Å². The van der Waals surface area contributed by atoms with Crippen LogP contribution in [0, 0.1) is 5.82 Å². The molecule has 0 aliphatic carbocycles. The normalized spacial score (nSPS) is 20.0. The number of β-amino-alcohol motifs (C(OH)–C–C–N with tert-alkyl or cyclic N) is 1. The zero-order valence-electron chi connectivity index (χ0n) is 14.7. The SMILES string of the molecule is CCc1ncc(C(=O)N2CCC[C@](O)(COc3cccc(F)c3)C2)cn1. The van der Waals surface area contributed by atoms with E-state index >= 15 is 0 Å². The van der Waals surface area contributed by atoms with Crippen molar-refractivity contribution < 1.29 is 19.0 Å². The number of rotatable bonds is 5. The third-order valence-electron chi connectivity index (χ3n) is 4.41. The summed E-state index contributed by atoms with van der Waals surface area (Å²) in [4.78, 5) is 22.5. The van der Waals surface area contributed by atoms with Gasteiger partial charge in [0.2, 0.25) is 0 Å². The second kappa shape index (κ2) is 7.78. The number of carbonyl (C=O) groups excluding carboxylic acids is 1. The molecule has 3 rings (SSSR count). The van der Waals surface area contributed by atoms with Crippen LogP contribution >= 0.6 is 0 Å². The number of piperidine rings is 1. The van der Waals surface area contributed by atoms with Gasteiger partial charge in [0.25, 0.3) is 5.91 Å². The van der Waals surface area contributed by atoms with Gasteiger partial charge in [0.1, 0.15) is 29.6 Å². The summed E-state index contributed by atoms with van der Waals surface area (Å²) in [6.07, 6.45) is 4.91. The van der Waals surface area contributed by atoms with E-state index in [1.807, 2.05) is 6.92 Å². The standard InChI is InChI=1S/C19H22FN3O3/c1-2-17-21-10-14(11-22-17)18(24)23-8-4-7-19(25,12-23)13-26-16-6-3-5-15(20)9-16/h3,5-6,9-11,25H,2,4,7-8,12-13H2,1H3/t19-/m1/s1. The number of likely N-dealkylation sites (tertiary alicyclic amines) is 1. The zero-order valence-corrected chi connectivity index (χ0v) is 14.7. The minimum atomic E-state index is -1.18. The fourth-order valence-corrected chi connectivity index (χ4v) is 3.01. The van der Waals surface area contributed by atoms with E-state index in [9.17, 15) is 14.3 Å². The predicted molar refractivity (Wildman–Crippen MR) is 93.4 cm³/mol. The summed E-state index contributed by atoms with van der Waals surface area (Å²) in [6, 6.07) is 5.77. The minimum Gasteiger partial charge on any atom is -0.490 e. The number of ether oxygens (including phenoxy) is 1. The number of nitrogens with zero attached hydrogens (tertiary/aromatic N) is 3. The summed E-state index contributed by atoms with van der Waals surface area (Å²) in [7, 11) is 0. The molecule has 26 heavy (non-hydrogen) atoms. The highest BCUT2D eigenvalue weighted by Gasteiger charge is 2.36. The Kier molecular flexibility index (Phi) is 5.46. The smallest absolute Gasteiger partial charge is 0.257 e. The van der Waals surface area contributed by atoms with Crippen LogP contribution in [0.15, 0.2) is 36.7 Å². The molecule has 0 bridgehead atoms. The van der Waals surface area contributed by atoms with Crippen molar-refractivity contribution in [2.75, 3.05) is 19.7 Å². The fraction of sp³-hybridized carbons (Fsp3) is 0.421. The lowest BCUT2D eigenvalue weighted by Gasteiger charge is -2.38. The van der Waals surface area contributed by atoms with E-state index in [1.54, 1.807) is 17.0 Å². The number of amides is 1. The Morgan fingerprint density at radius 1 is 1.38 bits per heavy atom. The average molecular weight is 359 g/mol. The summed E-state index contributed by atoms with van der Waals surface area (Å²) >= 11 is 0. The van der Waals surface area contributed by atoms with Crippen LogP contribution in [0.25, 0.3) is 0 Å².